The Labute approximate surface area is 114 Å². The highest BCUT2D eigenvalue weighted by Gasteiger charge is 2.35. The average molecular weight is 259 g/mol. The molecule has 1 aromatic carbocycles. The molecular formula is C16H21NO2. The molecule has 0 N–H and O–H groups in total. The van der Waals surface area contributed by atoms with Crippen molar-refractivity contribution in [2.75, 3.05) is 18.1 Å². The number of ether oxygens (including phenoxy) is 1. The smallest absolute Gasteiger partial charge is 0.161 e. The van der Waals surface area contributed by atoms with Gasteiger partial charge in [0.1, 0.15) is 0 Å². The van der Waals surface area contributed by atoms with Crippen molar-refractivity contribution in [3.63, 3.8) is 0 Å². The molecule has 3 nitrogen and oxygen atoms in total. The fourth-order valence-corrected chi connectivity index (χ4v) is 3.42. The Morgan fingerprint density at radius 3 is 2.89 bits per heavy atom. The second-order valence-corrected chi connectivity index (χ2v) is 5.53. The molecule has 2 aliphatic rings. The lowest BCUT2D eigenvalue weighted by Gasteiger charge is -2.45. The van der Waals surface area contributed by atoms with Gasteiger partial charge < -0.3 is 9.64 Å². The second kappa shape index (κ2) is 5.33. The monoisotopic (exact) mass is 259 g/mol. The Morgan fingerprint density at radius 1 is 1.26 bits per heavy atom. The van der Waals surface area contributed by atoms with Gasteiger partial charge >= 0.3 is 0 Å². The van der Waals surface area contributed by atoms with Crippen molar-refractivity contribution in [3.8, 4) is 0 Å². The molecule has 3 rings (SSSR count). The van der Waals surface area contributed by atoms with Gasteiger partial charge in [-0.2, -0.15) is 0 Å². The highest BCUT2D eigenvalue weighted by atomic mass is 16.5. The molecule has 0 spiro atoms. The first-order chi connectivity index (χ1) is 9.27. The van der Waals surface area contributed by atoms with Crippen molar-refractivity contribution in [1.82, 2.24) is 0 Å². The molecular weight excluding hydrogens is 238 g/mol. The first-order valence-electron chi connectivity index (χ1n) is 7.25. The molecule has 2 unspecified atom stereocenters. The molecule has 0 bridgehead atoms. The van der Waals surface area contributed by atoms with Gasteiger partial charge in [0.15, 0.2) is 5.78 Å². The second-order valence-electron chi connectivity index (χ2n) is 5.53. The van der Waals surface area contributed by atoms with Gasteiger partial charge in [-0.25, -0.2) is 0 Å². The van der Waals surface area contributed by atoms with Crippen LogP contribution >= 0.6 is 0 Å². The van der Waals surface area contributed by atoms with E-state index in [4.69, 9.17) is 4.74 Å². The minimum atomic E-state index is 0.148. The fourth-order valence-electron chi connectivity index (χ4n) is 3.42. The van der Waals surface area contributed by atoms with Crippen molar-refractivity contribution in [2.24, 2.45) is 0 Å². The zero-order valence-electron chi connectivity index (χ0n) is 11.5. The topological polar surface area (TPSA) is 29.5 Å². The molecule has 1 saturated heterocycles. The molecule has 2 fully saturated rings. The zero-order chi connectivity index (χ0) is 13.2. The van der Waals surface area contributed by atoms with Gasteiger partial charge in [0, 0.05) is 17.8 Å². The maximum Gasteiger partial charge on any atom is 0.161 e. The van der Waals surface area contributed by atoms with Crippen LogP contribution in [0.15, 0.2) is 24.3 Å². The molecule has 1 aliphatic heterocycles. The van der Waals surface area contributed by atoms with E-state index in [-0.39, 0.29) is 5.78 Å². The summed E-state index contributed by atoms with van der Waals surface area (Å²) in [6.45, 7) is 3.32. The minimum absolute atomic E-state index is 0.148. The number of carbonyl (C=O) groups excluding carboxylic acids is 1. The number of carbonyl (C=O) groups is 1. The number of para-hydroxylation sites is 1. The average Bonchev–Trinajstić information content (AvgIpc) is 2.46. The maximum absolute atomic E-state index is 11.8. The maximum atomic E-state index is 11.8. The Kier molecular flexibility index (Phi) is 3.56. The van der Waals surface area contributed by atoms with E-state index in [0.717, 1.165) is 30.8 Å². The summed E-state index contributed by atoms with van der Waals surface area (Å²) in [4.78, 5) is 14.2. The van der Waals surface area contributed by atoms with Crippen LogP contribution in [-0.2, 0) is 4.74 Å². The van der Waals surface area contributed by atoms with E-state index < -0.39 is 0 Å². The number of benzene rings is 1. The van der Waals surface area contributed by atoms with Gasteiger partial charge in [0.05, 0.1) is 18.8 Å². The molecule has 0 radical (unpaired) electrons. The molecule has 3 heteroatoms. The van der Waals surface area contributed by atoms with E-state index in [9.17, 15) is 4.79 Å². The Bertz CT molecular complexity index is 470. The Hall–Kier alpha value is -1.35. The fraction of sp³-hybridized carbons (Fsp3) is 0.562. The lowest BCUT2D eigenvalue weighted by atomic mass is 9.89. The SMILES string of the molecule is CC(=O)c1ccccc1N1CCOC2CCCCC21. The largest absolute Gasteiger partial charge is 0.374 e. The Balaban J connectivity index is 1.94. The summed E-state index contributed by atoms with van der Waals surface area (Å²) in [5.74, 6) is 0.148. The van der Waals surface area contributed by atoms with Crippen LogP contribution in [0.25, 0.3) is 0 Å². The number of hydrogen-bond donors (Lipinski definition) is 0. The molecule has 102 valence electrons. The summed E-state index contributed by atoms with van der Waals surface area (Å²) in [7, 11) is 0. The molecule has 0 aromatic heterocycles. The van der Waals surface area contributed by atoms with E-state index >= 15 is 0 Å². The van der Waals surface area contributed by atoms with Gasteiger partial charge in [0.25, 0.3) is 0 Å². The predicted octanol–water partition coefficient (Wildman–Crippen LogP) is 3.04. The normalized spacial score (nSPS) is 26.9. The number of rotatable bonds is 2. The van der Waals surface area contributed by atoms with Crippen LogP contribution in [0.3, 0.4) is 0 Å². The van der Waals surface area contributed by atoms with Crippen LogP contribution in [0.5, 0.6) is 0 Å². The molecule has 19 heavy (non-hydrogen) atoms. The van der Waals surface area contributed by atoms with Crippen molar-refractivity contribution >= 4 is 11.5 Å². The number of morpholine rings is 1. The van der Waals surface area contributed by atoms with Crippen LogP contribution in [-0.4, -0.2) is 31.1 Å². The van der Waals surface area contributed by atoms with Crippen molar-refractivity contribution in [1.29, 1.82) is 0 Å². The third kappa shape index (κ3) is 2.39. The third-order valence-corrected chi connectivity index (χ3v) is 4.32. The quantitative estimate of drug-likeness (QED) is 0.765. The molecule has 1 aromatic rings. The van der Waals surface area contributed by atoms with Gasteiger partial charge in [-0.05, 0) is 31.9 Å². The zero-order valence-corrected chi connectivity index (χ0v) is 11.5. The summed E-state index contributed by atoms with van der Waals surface area (Å²) in [6, 6.07) is 8.43. The van der Waals surface area contributed by atoms with E-state index in [1.54, 1.807) is 6.92 Å². The van der Waals surface area contributed by atoms with Crippen molar-refractivity contribution in [2.45, 2.75) is 44.8 Å². The number of anilines is 1. The van der Waals surface area contributed by atoms with Gasteiger partial charge in [-0.1, -0.05) is 25.0 Å². The number of Topliss-reactive ketones (excluding diaryl/α,β-unsaturated/α-hetero) is 1. The van der Waals surface area contributed by atoms with Crippen molar-refractivity contribution < 1.29 is 9.53 Å². The number of nitrogens with zero attached hydrogens (tertiary/aromatic N) is 1. The molecule has 0 amide bonds. The first-order valence-corrected chi connectivity index (χ1v) is 7.25. The van der Waals surface area contributed by atoms with E-state index in [1.807, 2.05) is 18.2 Å². The summed E-state index contributed by atoms with van der Waals surface area (Å²) in [6.07, 6.45) is 5.22. The van der Waals surface area contributed by atoms with Crippen LogP contribution in [0.1, 0.15) is 43.0 Å². The number of hydrogen-bond acceptors (Lipinski definition) is 3. The lowest BCUT2D eigenvalue weighted by Crippen LogP contribution is -2.53. The molecule has 2 atom stereocenters. The van der Waals surface area contributed by atoms with Crippen LogP contribution in [0.2, 0.25) is 0 Å². The Morgan fingerprint density at radius 2 is 2.05 bits per heavy atom. The first kappa shape index (κ1) is 12.7. The number of fused-ring (bicyclic) bond motifs is 1. The molecule has 1 saturated carbocycles. The van der Waals surface area contributed by atoms with Crippen LogP contribution in [0.4, 0.5) is 5.69 Å². The van der Waals surface area contributed by atoms with E-state index in [2.05, 4.69) is 11.0 Å². The third-order valence-electron chi connectivity index (χ3n) is 4.32. The number of ketones is 1. The summed E-state index contributed by atoms with van der Waals surface area (Å²) in [5.41, 5.74) is 1.93. The minimum Gasteiger partial charge on any atom is -0.374 e. The highest BCUT2D eigenvalue weighted by Crippen LogP contribution is 2.33. The van der Waals surface area contributed by atoms with E-state index in [1.165, 1.54) is 19.3 Å². The molecule has 1 heterocycles. The van der Waals surface area contributed by atoms with Gasteiger partial charge in [-0.3, -0.25) is 4.79 Å². The van der Waals surface area contributed by atoms with Gasteiger partial charge in [0.2, 0.25) is 0 Å². The van der Waals surface area contributed by atoms with E-state index in [0.29, 0.717) is 12.1 Å². The lowest BCUT2D eigenvalue weighted by molar-refractivity contribution is -0.00872. The van der Waals surface area contributed by atoms with Crippen LogP contribution < -0.4 is 4.90 Å². The van der Waals surface area contributed by atoms with Crippen LogP contribution in [0, 0.1) is 0 Å². The predicted molar refractivity (Wildman–Crippen MR) is 75.8 cm³/mol. The van der Waals surface area contributed by atoms with Gasteiger partial charge in [-0.15, -0.1) is 0 Å². The standard InChI is InChI=1S/C16H21NO2/c1-12(18)13-6-2-3-7-14(13)17-10-11-19-16-9-5-4-8-15(16)17/h2-3,6-7,15-16H,4-5,8-11H2,1H3. The summed E-state index contributed by atoms with van der Waals surface area (Å²) in [5, 5.41) is 0. The highest BCUT2D eigenvalue weighted by molar-refractivity contribution is 5.99. The summed E-state index contributed by atoms with van der Waals surface area (Å²) >= 11 is 0. The molecule has 1 aliphatic carbocycles. The summed E-state index contributed by atoms with van der Waals surface area (Å²) < 4.78 is 5.91. The van der Waals surface area contributed by atoms with Crippen molar-refractivity contribution in [3.05, 3.63) is 29.8 Å².